The Kier molecular flexibility index (Phi) is 1.99. The molecule has 0 unspecified atom stereocenters. The number of aromatic amines is 1. The van der Waals surface area contributed by atoms with Crippen LogP contribution < -0.4 is 10.2 Å². The third-order valence-electron chi connectivity index (χ3n) is 3.25. The molecule has 3 nitrogen and oxygen atoms in total. The van der Waals surface area contributed by atoms with Gasteiger partial charge in [0.2, 0.25) is 0 Å². The predicted octanol–water partition coefficient (Wildman–Crippen LogP) is 2.03. The van der Waals surface area contributed by atoms with Gasteiger partial charge in [0.25, 0.3) is 0 Å². The van der Waals surface area contributed by atoms with Crippen molar-refractivity contribution in [3.05, 3.63) is 39.7 Å². The standard InChI is InChI=1S/C13H13NO2/c1-16-8-5-6-12-10(7-8)13(15)9-3-2-4-11(9)14-12/h5-7H,2-4H2,1H3,(H,14,15). The molecule has 2 aromatic rings. The van der Waals surface area contributed by atoms with Crippen LogP contribution in [0.15, 0.2) is 23.0 Å². The summed E-state index contributed by atoms with van der Waals surface area (Å²) in [4.78, 5) is 15.6. The number of aromatic nitrogens is 1. The van der Waals surface area contributed by atoms with Gasteiger partial charge in [-0.1, -0.05) is 0 Å². The normalized spacial score (nSPS) is 14.1. The van der Waals surface area contributed by atoms with Crippen LogP contribution in [0.2, 0.25) is 0 Å². The minimum absolute atomic E-state index is 0.167. The molecule has 1 heterocycles. The number of benzene rings is 1. The molecule has 3 rings (SSSR count). The summed E-state index contributed by atoms with van der Waals surface area (Å²) in [6, 6.07) is 5.60. The van der Waals surface area contributed by atoms with Gasteiger partial charge in [0.15, 0.2) is 5.43 Å². The van der Waals surface area contributed by atoms with Gasteiger partial charge in [-0.05, 0) is 37.5 Å². The van der Waals surface area contributed by atoms with Crippen LogP contribution >= 0.6 is 0 Å². The number of ether oxygens (including phenoxy) is 1. The zero-order chi connectivity index (χ0) is 11.1. The average Bonchev–Trinajstić information content (AvgIpc) is 2.77. The SMILES string of the molecule is COc1ccc2[nH]c3c(c(=O)c2c1)CCC3. The molecule has 0 bridgehead atoms. The zero-order valence-electron chi connectivity index (χ0n) is 9.17. The molecule has 1 aliphatic carbocycles. The Bertz CT molecular complexity index is 613. The second-order valence-electron chi connectivity index (χ2n) is 4.18. The van der Waals surface area contributed by atoms with E-state index < -0.39 is 0 Å². The molecule has 0 amide bonds. The van der Waals surface area contributed by atoms with Crippen LogP contribution in [0.3, 0.4) is 0 Å². The fraction of sp³-hybridized carbons (Fsp3) is 0.308. The van der Waals surface area contributed by atoms with Crippen LogP contribution in [-0.2, 0) is 12.8 Å². The quantitative estimate of drug-likeness (QED) is 0.790. The molecule has 0 atom stereocenters. The Labute approximate surface area is 93.1 Å². The van der Waals surface area contributed by atoms with Crippen LogP contribution in [0, 0.1) is 0 Å². The Morgan fingerprint density at radius 3 is 3.00 bits per heavy atom. The van der Waals surface area contributed by atoms with Crippen molar-refractivity contribution in [3.63, 3.8) is 0 Å². The highest BCUT2D eigenvalue weighted by Gasteiger charge is 2.17. The van der Waals surface area contributed by atoms with E-state index in [1.54, 1.807) is 7.11 Å². The van der Waals surface area contributed by atoms with Crippen molar-refractivity contribution in [1.29, 1.82) is 0 Å². The largest absolute Gasteiger partial charge is 0.497 e. The highest BCUT2D eigenvalue weighted by Crippen LogP contribution is 2.22. The molecular weight excluding hydrogens is 202 g/mol. The Hall–Kier alpha value is -1.77. The van der Waals surface area contributed by atoms with Crippen LogP contribution in [-0.4, -0.2) is 12.1 Å². The van der Waals surface area contributed by atoms with Gasteiger partial charge in [-0.3, -0.25) is 4.79 Å². The third-order valence-corrected chi connectivity index (χ3v) is 3.25. The van der Waals surface area contributed by atoms with E-state index in [9.17, 15) is 4.79 Å². The van der Waals surface area contributed by atoms with Crippen molar-refractivity contribution in [2.45, 2.75) is 19.3 Å². The highest BCUT2D eigenvalue weighted by atomic mass is 16.5. The van der Waals surface area contributed by atoms with E-state index in [1.807, 2.05) is 18.2 Å². The van der Waals surface area contributed by atoms with Gasteiger partial charge in [0.1, 0.15) is 5.75 Å². The predicted molar refractivity (Wildman–Crippen MR) is 63.1 cm³/mol. The highest BCUT2D eigenvalue weighted by molar-refractivity contribution is 5.81. The average molecular weight is 215 g/mol. The maximum atomic E-state index is 12.2. The number of rotatable bonds is 1. The fourth-order valence-electron chi connectivity index (χ4n) is 2.40. The third kappa shape index (κ3) is 1.24. The second-order valence-corrected chi connectivity index (χ2v) is 4.18. The van der Waals surface area contributed by atoms with Crippen molar-refractivity contribution in [2.75, 3.05) is 7.11 Å². The van der Waals surface area contributed by atoms with Crippen molar-refractivity contribution in [2.24, 2.45) is 0 Å². The van der Waals surface area contributed by atoms with Crippen LogP contribution in [0.4, 0.5) is 0 Å². The van der Waals surface area contributed by atoms with Gasteiger partial charge in [-0.2, -0.15) is 0 Å². The number of hydrogen-bond acceptors (Lipinski definition) is 2. The number of methoxy groups -OCH3 is 1. The molecular formula is C13H13NO2. The lowest BCUT2D eigenvalue weighted by molar-refractivity contribution is 0.415. The molecule has 0 radical (unpaired) electrons. The summed E-state index contributed by atoms with van der Waals surface area (Å²) in [5, 5.41) is 0.736. The van der Waals surface area contributed by atoms with Gasteiger partial charge in [0.05, 0.1) is 7.11 Å². The van der Waals surface area contributed by atoms with Crippen molar-refractivity contribution < 1.29 is 4.74 Å². The first-order valence-electron chi connectivity index (χ1n) is 5.51. The fourth-order valence-corrected chi connectivity index (χ4v) is 2.40. The molecule has 16 heavy (non-hydrogen) atoms. The number of H-pyrrole nitrogens is 1. The molecule has 1 aromatic carbocycles. The van der Waals surface area contributed by atoms with E-state index in [1.165, 1.54) is 0 Å². The van der Waals surface area contributed by atoms with Gasteiger partial charge in [-0.15, -0.1) is 0 Å². The topological polar surface area (TPSA) is 42.1 Å². The lowest BCUT2D eigenvalue weighted by Gasteiger charge is -2.05. The van der Waals surface area contributed by atoms with E-state index in [0.717, 1.165) is 47.2 Å². The molecule has 82 valence electrons. The Balaban J connectivity index is 2.38. The Morgan fingerprint density at radius 2 is 2.19 bits per heavy atom. The van der Waals surface area contributed by atoms with E-state index in [4.69, 9.17) is 4.74 Å². The number of fused-ring (bicyclic) bond motifs is 2. The molecule has 0 spiro atoms. The smallest absolute Gasteiger partial charge is 0.192 e. The second kappa shape index (κ2) is 3.37. The van der Waals surface area contributed by atoms with Crippen LogP contribution in [0.5, 0.6) is 5.75 Å². The summed E-state index contributed by atoms with van der Waals surface area (Å²) in [6.07, 6.45) is 2.97. The number of pyridine rings is 1. The molecule has 3 heteroatoms. The van der Waals surface area contributed by atoms with Crippen molar-refractivity contribution in [3.8, 4) is 5.75 Å². The number of hydrogen-bond donors (Lipinski definition) is 1. The number of nitrogens with one attached hydrogen (secondary N) is 1. The summed E-state index contributed by atoms with van der Waals surface area (Å²) < 4.78 is 5.14. The van der Waals surface area contributed by atoms with Gasteiger partial charge in [0, 0.05) is 22.2 Å². The van der Waals surface area contributed by atoms with E-state index >= 15 is 0 Å². The zero-order valence-corrected chi connectivity index (χ0v) is 9.17. The first-order valence-corrected chi connectivity index (χ1v) is 5.51. The summed E-state index contributed by atoms with van der Waals surface area (Å²) in [7, 11) is 1.61. The monoisotopic (exact) mass is 215 g/mol. The minimum atomic E-state index is 0.167. The van der Waals surface area contributed by atoms with Gasteiger partial charge < -0.3 is 9.72 Å². The lowest BCUT2D eigenvalue weighted by atomic mass is 10.1. The first-order chi connectivity index (χ1) is 7.79. The molecule has 0 saturated heterocycles. The van der Waals surface area contributed by atoms with Crippen LogP contribution in [0.25, 0.3) is 10.9 Å². The molecule has 0 fully saturated rings. The van der Waals surface area contributed by atoms with E-state index in [2.05, 4.69) is 4.98 Å². The van der Waals surface area contributed by atoms with E-state index in [0.29, 0.717) is 0 Å². The van der Waals surface area contributed by atoms with Gasteiger partial charge in [-0.25, -0.2) is 0 Å². The minimum Gasteiger partial charge on any atom is -0.497 e. The molecule has 1 aromatic heterocycles. The maximum Gasteiger partial charge on any atom is 0.192 e. The summed E-state index contributed by atoms with van der Waals surface area (Å²) in [5.74, 6) is 0.732. The van der Waals surface area contributed by atoms with Gasteiger partial charge >= 0.3 is 0 Å². The summed E-state index contributed by atoms with van der Waals surface area (Å²) >= 11 is 0. The van der Waals surface area contributed by atoms with Crippen molar-refractivity contribution in [1.82, 2.24) is 4.98 Å². The number of aryl methyl sites for hydroxylation is 1. The van der Waals surface area contributed by atoms with E-state index in [-0.39, 0.29) is 5.43 Å². The molecule has 0 saturated carbocycles. The van der Waals surface area contributed by atoms with Crippen LogP contribution in [0.1, 0.15) is 17.7 Å². The Morgan fingerprint density at radius 1 is 1.31 bits per heavy atom. The lowest BCUT2D eigenvalue weighted by Crippen LogP contribution is -2.10. The summed E-state index contributed by atoms with van der Waals surface area (Å²) in [5.41, 5.74) is 3.15. The molecule has 1 aliphatic rings. The maximum absolute atomic E-state index is 12.2. The molecule has 0 aliphatic heterocycles. The first kappa shape index (κ1) is 9.46. The van der Waals surface area contributed by atoms with Crippen molar-refractivity contribution >= 4 is 10.9 Å². The molecule has 1 N–H and O–H groups in total. The summed E-state index contributed by atoms with van der Waals surface area (Å²) in [6.45, 7) is 0.